The van der Waals surface area contributed by atoms with Gasteiger partial charge >= 0.3 is 6.03 Å². The van der Waals surface area contributed by atoms with Gasteiger partial charge < -0.3 is 5.32 Å². The number of carbonyl (C=O) groups excluding carboxylic acids is 1. The van der Waals surface area contributed by atoms with Gasteiger partial charge in [-0.05, 0) is 41.4 Å². The Morgan fingerprint density at radius 1 is 1.00 bits per heavy atom. The van der Waals surface area contributed by atoms with Gasteiger partial charge in [-0.1, -0.05) is 43.3 Å². The second kappa shape index (κ2) is 7.60. The van der Waals surface area contributed by atoms with Crippen LogP contribution in [0.3, 0.4) is 0 Å². The van der Waals surface area contributed by atoms with Gasteiger partial charge in [0.15, 0.2) is 0 Å². The summed E-state index contributed by atoms with van der Waals surface area (Å²) in [6.07, 6.45) is 0.908. The Morgan fingerprint density at radius 3 is 1.95 bits per heavy atom. The zero-order valence-electron chi connectivity index (χ0n) is 11.5. The first-order valence-electron chi connectivity index (χ1n) is 6.65. The van der Waals surface area contributed by atoms with E-state index in [9.17, 15) is 4.79 Å². The molecule has 0 aliphatic heterocycles. The summed E-state index contributed by atoms with van der Waals surface area (Å²) < 4.78 is 4.33. The highest BCUT2D eigenvalue weighted by Crippen LogP contribution is 2.18. The number of hydrogen-bond donors (Lipinski definition) is 1. The number of hydrogen-bond acceptors (Lipinski definition) is 1. The van der Waals surface area contributed by atoms with Crippen molar-refractivity contribution in [2.45, 2.75) is 23.1 Å². The predicted octanol–water partition coefficient (Wildman–Crippen LogP) is 4.03. The normalized spacial score (nSPS) is 10.3. The van der Waals surface area contributed by atoms with Crippen molar-refractivity contribution in [3.05, 3.63) is 60.7 Å². The summed E-state index contributed by atoms with van der Waals surface area (Å²) in [5.74, 6) is 0. The fourth-order valence-electron chi connectivity index (χ4n) is 1.69. The zero-order chi connectivity index (χ0) is 14.2. The third kappa shape index (κ3) is 4.03. The molecule has 0 aromatic heterocycles. The van der Waals surface area contributed by atoms with Crippen LogP contribution < -0.4 is 5.32 Å². The van der Waals surface area contributed by atoms with Gasteiger partial charge in [0.25, 0.3) is 0 Å². The van der Waals surface area contributed by atoms with E-state index in [0.717, 1.165) is 16.2 Å². The lowest BCUT2D eigenvalue weighted by Crippen LogP contribution is -2.20. The van der Waals surface area contributed by atoms with Gasteiger partial charge in [0.1, 0.15) is 0 Å². The summed E-state index contributed by atoms with van der Waals surface area (Å²) in [6.45, 7) is 2.68. The molecule has 0 spiro atoms. The van der Waals surface area contributed by atoms with Crippen LogP contribution in [0.5, 0.6) is 0 Å². The average Bonchev–Trinajstić information content (AvgIpc) is 2.52. The van der Waals surface area contributed by atoms with Crippen LogP contribution in [0, 0.1) is 0 Å². The number of benzene rings is 2. The van der Waals surface area contributed by atoms with E-state index in [2.05, 4.69) is 9.68 Å². The fraction of sp³-hybridized carbons (Fsp3) is 0.188. The molecule has 0 aliphatic carbocycles. The van der Waals surface area contributed by atoms with E-state index in [-0.39, 0.29) is 6.03 Å². The van der Waals surface area contributed by atoms with Gasteiger partial charge in [-0.2, -0.15) is 4.36 Å². The Hall–Kier alpha value is -1.94. The Balaban J connectivity index is 2.35. The maximum Gasteiger partial charge on any atom is 0.347 e. The minimum Gasteiger partial charge on any atom is -0.336 e. The van der Waals surface area contributed by atoms with Gasteiger partial charge in [0.05, 0.1) is 0 Å². The highest BCUT2D eigenvalue weighted by molar-refractivity contribution is 7.87. The lowest BCUT2D eigenvalue weighted by atomic mass is 10.4. The van der Waals surface area contributed by atoms with Gasteiger partial charge in [-0.25, -0.2) is 4.79 Å². The average molecular weight is 286 g/mol. The van der Waals surface area contributed by atoms with Crippen LogP contribution in [0.4, 0.5) is 4.79 Å². The van der Waals surface area contributed by atoms with Crippen molar-refractivity contribution >= 4 is 16.7 Å². The molecule has 0 fully saturated rings. The number of amides is 2. The summed E-state index contributed by atoms with van der Waals surface area (Å²) in [5.41, 5.74) is 0. The van der Waals surface area contributed by atoms with Crippen molar-refractivity contribution < 1.29 is 4.79 Å². The van der Waals surface area contributed by atoms with Crippen LogP contribution in [0.15, 0.2) is 74.8 Å². The third-order valence-electron chi connectivity index (χ3n) is 2.63. The lowest BCUT2D eigenvalue weighted by Gasteiger charge is -2.08. The highest BCUT2D eigenvalue weighted by Gasteiger charge is 2.07. The molecule has 2 amide bonds. The van der Waals surface area contributed by atoms with Crippen molar-refractivity contribution in [2.24, 2.45) is 4.36 Å². The number of carbonyl (C=O) groups is 1. The molecule has 104 valence electrons. The maximum atomic E-state index is 11.9. The Kier molecular flexibility index (Phi) is 5.50. The molecule has 2 aromatic carbocycles. The molecular weight excluding hydrogens is 268 g/mol. The first-order chi connectivity index (χ1) is 9.81. The maximum absolute atomic E-state index is 11.9. The van der Waals surface area contributed by atoms with E-state index in [4.69, 9.17) is 0 Å². The molecule has 2 rings (SSSR count). The van der Waals surface area contributed by atoms with Crippen LogP contribution in [0.2, 0.25) is 0 Å². The molecule has 0 radical (unpaired) electrons. The monoisotopic (exact) mass is 286 g/mol. The summed E-state index contributed by atoms with van der Waals surface area (Å²) >= 11 is 0. The van der Waals surface area contributed by atoms with E-state index in [1.54, 1.807) is 0 Å². The SMILES string of the molecule is CCCNC(=O)N=S(c1ccccc1)c1ccccc1. The zero-order valence-corrected chi connectivity index (χ0v) is 12.3. The largest absolute Gasteiger partial charge is 0.347 e. The molecule has 0 saturated carbocycles. The molecule has 1 N–H and O–H groups in total. The lowest BCUT2D eigenvalue weighted by molar-refractivity contribution is 0.249. The first kappa shape index (κ1) is 14.5. The summed E-state index contributed by atoms with van der Waals surface area (Å²) in [5, 5.41) is 2.80. The summed E-state index contributed by atoms with van der Waals surface area (Å²) in [4.78, 5) is 14.0. The standard InChI is InChI=1S/C16H18N2OS/c1-2-13-17-16(19)18-20(14-9-5-3-6-10-14)15-11-7-4-8-12-15/h3-12H,2,13H2,1H3,(H,17,19). The fourth-order valence-corrected chi connectivity index (χ4v) is 3.23. The van der Waals surface area contributed by atoms with E-state index in [1.807, 2.05) is 67.6 Å². The van der Waals surface area contributed by atoms with Crippen molar-refractivity contribution in [3.63, 3.8) is 0 Å². The van der Waals surface area contributed by atoms with E-state index >= 15 is 0 Å². The van der Waals surface area contributed by atoms with Crippen LogP contribution in [-0.4, -0.2) is 12.6 Å². The Labute approximate surface area is 122 Å². The molecule has 2 aromatic rings. The number of nitrogens with zero attached hydrogens (tertiary/aromatic N) is 1. The third-order valence-corrected chi connectivity index (χ3v) is 4.42. The van der Waals surface area contributed by atoms with Gasteiger partial charge in [-0.3, -0.25) is 0 Å². The number of urea groups is 1. The van der Waals surface area contributed by atoms with E-state index < -0.39 is 10.7 Å². The smallest absolute Gasteiger partial charge is 0.336 e. The van der Waals surface area contributed by atoms with E-state index in [0.29, 0.717) is 6.54 Å². The molecule has 0 heterocycles. The minimum atomic E-state index is -0.572. The van der Waals surface area contributed by atoms with Crippen molar-refractivity contribution in [3.8, 4) is 0 Å². The molecule has 3 nitrogen and oxygen atoms in total. The number of rotatable bonds is 4. The second-order valence-electron chi connectivity index (χ2n) is 4.23. The van der Waals surface area contributed by atoms with Crippen molar-refractivity contribution in [2.75, 3.05) is 6.54 Å². The quantitative estimate of drug-likeness (QED) is 0.906. The molecule has 0 atom stereocenters. The van der Waals surface area contributed by atoms with Gasteiger partial charge in [-0.15, -0.1) is 0 Å². The highest BCUT2D eigenvalue weighted by atomic mass is 32.2. The Morgan fingerprint density at radius 2 is 1.50 bits per heavy atom. The van der Waals surface area contributed by atoms with Crippen LogP contribution in [0.1, 0.15) is 13.3 Å². The molecule has 0 aliphatic rings. The summed E-state index contributed by atoms with van der Waals surface area (Å²) in [7, 11) is -0.572. The predicted molar refractivity (Wildman–Crippen MR) is 82.9 cm³/mol. The van der Waals surface area contributed by atoms with Crippen LogP contribution in [-0.2, 0) is 10.7 Å². The summed E-state index contributed by atoms with van der Waals surface area (Å²) in [6, 6.07) is 19.6. The molecule has 20 heavy (non-hydrogen) atoms. The topological polar surface area (TPSA) is 41.5 Å². The van der Waals surface area contributed by atoms with Crippen LogP contribution >= 0.6 is 0 Å². The molecule has 4 heteroatoms. The van der Waals surface area contributed by atoms with Crippen LogP contribution in [0.25, 0.3) is 0 Å². The second-order valence-corrected chi connectivity index (χ2v) is 5.93. The molecule has 0 unspecified atom stereocenters. The van der Waals surface area contributed by atoms with E-state index in [1.165, 1.54) is 0 Å². The van der Waals surface area contributed by atoms with Crippen molar-refractivity contribution in [1.29, 1.82) is 0 Å². The minimum absolute atomic E-state index is 0.247. The molecule has 0 saturated heterocycles. The number of nitrogens with one attached hydrogen (secondary N) is 1. The molecule has 0 bridgehead atoms. The van der Waals surface area contributed by atoms with Gasteiger partial charge in [0, 0.05) is 16.3 Å². The Bertz CT molecular complexity index is 540. The van der Waals surface area contributed by atoms with Crippen molar-refractivity contribution in [1.82, 2.24) is 5.32 Å². The van der Waals surface area contributed by atoms with Gasteiger partial charge in [0.2, 0.25) is 0 Å². The first-order valence-corrected chi connectivity index (χ1v) is 7.83. The molecular formula is C16H18N2OS.